The maximum atomic E-state index is 4.42. The van der Waals surface area contributed by atoms with E-state index in [9.17, 15) is 0 Å². The second kappa shape index (κ2) is 7.52. The Morgan fingerprint density at radius 2 is 1.58 bits per heavy atom. The van der Waals surface area contributed by atoms with Gasteiger partial charge in [-0.05, 0) is 29.2 Å². The van der Waals surface area contributed by atoms with Crippen LogP contribution in [0.2, 0.25) is 0 Å². The molecule has 3 aromatic carbocycles. The smallest absolute Gasteiger partial charge is 0.113 e. The van der Waals surface area contributed by atoms with E-state index in [2.05, 4.69) is 93.4 Å². The van der Waals surface area contributed by atoms with Crippen molar-refractivity contribution in [1.82, 2.24) is 25.3 Å². The first kappa shape index (κ1) is 18.1. The summed E-state index contributed by atoms with van der Waals surface area (Å²) in [6.07, 6.45) is 3.03. The van der Waals surface area contributed by atoms with Crippen LogP contribution in [-0.2, 0) is 19.5 Å². The van der Waals surface area contributed by atoms with Crippen molar-refractivity contribution in [3.63, 3.8) is 0 Å². The highest BCUT2D eigenvalue weighted by Crippen LogP contribution is 2.27. The van der Waals surface area contributed by atoms with Gasteiger partial charge in [-0.15, -0.1) is 5.10 Å². The van der Waals surface area contributed by atoms with Crippen molar-refractivity contribution in [1.29, 1.82) is 0 Å². The van der Waals surface area contributed by atoms with Gasteiger partial charge in [-0.25, -0.2) is 0 Å². The fourth-order valence-corrected chi connectivity index (χ4v) is 4.54. The largest absolute Gasteiger partial charge is 0.357 e. The Morgan fingerprint density at radius 3 is 2.45 bits per heavy atom. The first-order valence-electron chi connectivity index (χ1n) is 10.7. The van der Waals surface area contributed by atoms with Crippen molar-refractivity contribution < 1.29 is 0 Å². The molecular weight excluding hydrogens is 382 g/mol. The van der Waals surface area contributed by atoms with E-state index in [1.54, 1.807) is 0 Å². The zero-order valence-electron chi connectivity index (χ0n) is 17.1. The fraction of sp³-hybridized carbons (Fsp3) is 0.154. The Kier molecular flexibility index (Phi) is 4.39. The summed E-state index contributed by atoms with van der Waals surface area (Å²) in [5.41, 5.74) is 8.36. The summed E-state index contributed by atoms with van der Waals surface area (Å²) in [6.45, 7) is 1.66. The van der Waals surface area contributed by atoms with Crippen LogP contribution in [0.1, 0.15) is 11.3 Å². The highest BCUT2D eigenvalue weighted by Gasteiger charge is 2.22. The van der Waals surface area contributed by atoms with Crippen molar-refractivity contribution >= 4 is 10.9 Å². The minimum atomic E-state index is 0.335. The van der Waals surface area contributed by atoms with Gasteiger partial charge in [0.25, 0.3) is 0 Å². The summed E-state index contributed by atoms with van der Waals surface area (Å²) in [5.74, 6) is 0. The molecule has 1 atom stereocenters. The van der Waals surface area contributed by atoms with Crippen LogP contribution < -0.4 is 5.32 Å². The lowest BCUT2D eigenvalue weighted by atomic mass is 9.98. The molecule has 0 unspecified atom stereocenters. The van der Waals surface area contributed by atoms with Gasteiger partial charge in [0, 0.05) is 34.7 Å². The Balaban J connectivity index is 1.18. The lowest BCUT2D eigenvalue weighted by Gasteiger charge is -2.23. The molecule has 2 N–H and O–H groups in total. The van der Waals surface area contributed by atoms with Gasteiger partial charge in [-0.2, -0.15) is 0 Å². The van der Waals surface area contributed by atoms with Gasteiger partial charge < -0.3 is 10.3 Å². The van der Waals surface area contributed by atoms with Crippen molar-refractivity contribution in [3.05, 3.63) is 96.3 Å². The van der Waals surface area contributed by atoms with Crippen LogP contribution in [0.25, 0.3) is 33.3 Å². The third-order valence-corrected chi connectivity index (χ3v) is 6.15. The van der Waals surface area contributed by atoms with Gasteiger partial charge in [-0.1, -0.05) is 78.0 Å². The summed E-state index contributed by atoms with van der Waals surface area (Å²) in [5, 5.41) is 13.8. The van der Waals surface area contributed by atoms with Crippen molar-refractivity contribution in [3.8, 4) is 22.4 Å². The Morgan fingerprint density at radius 1 is 0.839 bits per heavy atom. The number of benzene rings is 3. The fourth-order valence-electron chi connectivity index (χ4n) is 4.54. The molecule has 5 heteroatoms. The number of H-pyrrole nitrogens is 1. The normalized spacial score (nSPS) is 15.8. The van der Waals surface area contributed by atoms with E-state index in [0.717, 1.165) is 30.8 Å². The molecule has 0 radical (unpaired) electrons. The van der Waals surface area contributed by atoms with Crippen LogP contribution in [0.3, 0.4) is 0 Å². The number of hydrogen-bond donors (Lipinski definition) is 2. The Bertz CT molecular complexity index is 1330. The van der Waals surface area contributed by atoms with E-state index >= 15 is 0 Å². The first-order chi connectivity index (χ1) is 15.3. The van der Waals surface area contributed by atoms with Crippen LogP contribution in [0, 0.1) is 0 Å². The quantitative estimate of drug-likeness (QED) is 0.451. The summed E-state index contributed by atoms with van der Waals surface area (Å²) in [4.78, 5) is 3.55. The topological polar surface area (TPSA) is 58.5 Å². The highest BCUT2D eigenvalue weighted by molar-refractivity contribution is 5.84. The SMILES string of the molecule is c1ccc(-c2ccc(-c3cn(C[C@@H]4Cc5c([nH]c6ccccc56)CN4)nn3)cc2)cc1. The molecule has 0 saturated carbocycles. The molecule has 5 nitrogen and oxygen atoms in total. The molecule has 0 bridgehead atoms. The second-order valence-corrected chi connectivity index (χ2v) is 8.18. The molecule has 0 fully saturated rings. The molecule has 0 spiro atoms. The number of aromatic amines is 1. The molecule has 2 aromatic heterocycles. The predicted octanol–water partition coefficient (Wildman–Crippen LogP) is 4.81. The molecule has 0 aliphatic carbocycles. The lowest BCUT2D eigenvalue weighted by Crippen LogP contribution is -2.38. The van der Waals surface area contributed by atoms with Crippen molar-refractivity contribution in [2.45, 2.75) is 25.6 Å². The number of aromatic nitrogens is 4. The van der Waals surface area contributed by atoms with Gasteiger partial charge in [-0.3, -0.25) is 4.68 Å². The zero-order chi connectivity index (χ0) is 20.6. The maximum Gasteiger partial charge on any atom is 0.113 e. The van der Waals surface area contributed by atoms with Crippen molar-refractivity contribution in [2.24, 2.45) is 0 Å². The average molecular weight is 406 g/mol. The molecule has 3 heterocycles. The van der Waals surface area contributed by atoms with Crippen LogP contribution in [0.15, 0.2) is 85.1 Å². The molecule has 1 aliphatic heterocycles. The number of nitrogens with one attached hydrogen (secondary N) is 2. The lowest BCUT2D eigenvalue weighted by molar-refractivity contribution is 0.398. The van der Waals surface area contributed by atoms with Gasteiger partial charge in [0.15, 0.2) is 0 Å². The molecule has 0 saturated heterocycles. The van der Waals surface area contributed by atoms with Crippen LogP contribution >= 0.6 is 0 Å². The second-order valence-electron chi connectivity index (χ2n) is 8.18. The van der Waals surface area contributed by atoms with Gasteiger partial charge in [0.05, 0.1) is 12.7 Å². The zero-order valence-corrected chi connectivity index (χ0v) is 17.1. The number of fused-ring (bicyclic) bond motifs is 3. The van der Waals surface area contributed by atoms with E-state index < -0.39 is 0 Å². The van der Waals surface area contributed by atoms with Crippen molar-refractivity contribution in [2.75, 3.05) is 0 Å². The number of nitrogens with zero attached hydrogens (tertiary/aromatic N) is 3. The monoisotopic (exact) mass is 405 g/mol. The third-order valence-electron chi connectivity index (χ3n) is 6.15. The molecule has 1 aliphatic rings. The molecule has 5 aromatic rings. The molecule has 6 rings (SSSR count). The van der Waals surface area contributed by atoms with E-state index in [0.29, 0.717) is 6.04 Å². The standard InChI is InChI=1S/C26H23N5/c1-2-6-18(7-3-1)19-10-12-20(13-11-19)26-17-31(30-29-26)16-21-14-23-22-8-4-5-9-24(22)28-25(23)15-27-21/h1-13,17,21,27-28H,14-16H2/t21-/m0/s1. The molecule has 0 amide bonds. The van der Waals surface area contributed by atoms with E-state index in [-0.39, 0.29) is 0 Å². The molecular formula is C26H23N5. The van der Waals surface area contributed by atoms with E-state index in [4.69, 9.17) is 0 Å². The van der Waals surface area contributed by atoms with Crippen LogP contribution in [-0.4, -0.2) is 26.0 Å². The number of para-hydroxylation sites is 1. The highest BCUT2D eigenvalue weighted by atomic mass is 15.4. The number of rotatable bonds is 4. The Hall–Kier alpha value is -3.70. The predicted molar refractivity (Wildman–Crippen MR) is 124 cm³/mol. The minimum absolute atomic E-state index is 0.335. The third kappa shape index (κ3) is 3.43. The molecule has 31 heavy (non-hydrogen) atoms. The molecule has 152 valence electrons. The van der Waals surface area contributed by atoms with Gasteiger partial charge in [0.2, 0.25) is 0 Å². The Labute approximate surface area is 180 Å². The van der Waals surface area contributed by atoms with E-state index in [1.165, 1.54) is 33.3 Å². The van der Waals surface area contributed by atoms with Gasteiger partial charge in [0.1, 0.15) is 5.69 Å². The summed E-state index contributed by atoms with van der Waals surface area (Å²) < 4.78 is 1.96. The van der Waals surface area contributed by atoms with Crippen LogP contribution in [0.5, 0.6) is 0 Å². The van der Waals surface area contributed by atoms with E-state index in [1.807, 2.05) is 16.9 Å². The summed E-state index contributed by atoms with van der Waals surface area (Å²) in [6, 6.07) is 27.8. The average Bonchev–Trinajstić information content (AvgIpc) is 3.44. The number of hydrogen-bond acceptors (Lipinski definition) is 3. The first-order valence-corrected chi connectivity index (χ1v) is 10.7. The maximum absolute atomic E-state index is 4.42. The van der Waals surface area contributed by atoms with Crippen LogP contribution in [0.4, 0.5) is 0 Å². The summed E-state index contributed by atoms with van der Waals surface area (Å²) in [7, 11) is 0. The van der Waals surface area contributed by atoms with Gasteiger partial charge >= 0.3 is 0 Å². The summed E-state index contributed by atoms with van der Waals surface area (Å²) >= 11 is 0. The minimum Gasteiger partial charge on any atom is -0.357 e.